The summed E-state index contributed by atoms with van der Waals surface area (Å²) in [6.07, 6.45) is 0. The van der Waals surface area contributed by atoms with Gasteiger partial charge in [-0.25, -0.2) is 4.68 Å². The maximum atomic E-state index is 14.7. The van der Waals surface area contributed by atoms with Gasteiger partial charge in [-0.1, -0.05) is 126 Å². The number of aromatic nitrogens is 2. The summed E-state index contributed by atoms with van der Waals surface area (Å²) in [5.74, 6) is -2.01. The molecule has 0 spiro atoms. The molecule has 2 heterocycles. The lowest BCUT2D eigenvalue weighted by Gasteiger charge is -2.25. The van der Waals surface area contributed by atoms with E-state index in [1.165, 1.54) is 9.69 Å². The molecule has 0 radical (unpaired) electrons. The first-order valence-electron chi connectivity index (χ1n) is 14.4. The van der Waals surface area contributed by atoms with E-state index in [2.05, 4.69) is 5.10 Å². The minimum Gasteiger partial charge on any atom is -0.290 e. The molecule has 0 aliphatic carbocycles. The first-order chi connectivity index (χ1) is 22.0. The van der Waals surface area contributed by atoms with Gasteiger partial charge in [-0.15, -0.1) is 0 Å². The van der Waals surface area contributed by atoms with Crippen LogP contribution in [0.5, 0.6) is 0 Å². The van der Waals surface area contributed by atoms with E-state index in [9.17, 15) is 9.59 Å². The number of aromatic amines is 1. The van der Waals surface area contributed by atoms with Crippen molar-refractivity contribution in [3.8, 4) is 16.9 Å². The molecular formula is C37H26Cl2N4O2. The van der Waals surface area contributed by atoms with Crippen LogP contribution in [0.1, 0.15) is 22.6 Å². The molecule has 1 N–H and O–H groups in total. The molecule has 7 rings (SSSR count). The molecule has 5 aromatic carbocycles. The van der Waals surface area contributed by atoms with Crippen molar-refractivity contribution < 1.29 is 4.79 Å². The van der Waals surface area contributed by atoms with Gasteiger partial charge in [0.25, 0.3) is 11.5 Å². The number of benzene rings is 5. The minimum atomic E-state index is -0.901. The zero-order valence-electron chi connectivity index (χ0n) is 23.8. The maximum absolute atomic E-state index is 14.7. The molecule has 1 aromatic heterocycles. The Balaban J connectivity index is 1.54. The molecule has 0 bridgehead atoms. The van der Waals surface area contributed by atoms with Gasteiger partial charge in [0.15, 0.2) is 0 Å². The number of carbonyl (C=O) groups excluding carboxylic acids is 1. The maximum Gasteiger partial charge on any atom is 0.275 e. The molecule has 6 nitrogen and oxygen atoms in total. The van der Waals surface area contributed by atoms with Crippen LogP contribution in [0.25, 0.3) is 16.9 Å². The lowest BCUT2D eigenvalue weighted by atomic mass is 9.76. The molecule has 45 heavy (non-hydrogen) atoms. The van der Waals surface area contributed by atoms with E-state index in [1.54, 1.807) is 18.2 Å². The largest absolute Gasteiger partial charge is 0.290 e. The molecule has 8 heteroatoms. The smallest absolute Gasteiger partial charge is 0.275 e. The van der Waals surface area contributed by atoms with E-state index in [-0.39, 0.29) is 11.5 Å². The summed E-state index contributed by atoms with van der Waals surface area (Å²) < 4.78 is 1.52. The van der Waals surface area contributed by atoms with Crippen molar-refractivity contribution in [3.63, 3.8) is 0 Å². The molecule has 1 amide bonds. The highest BCUT2D eigenvalue weighted by molar-refractivity contribution is 6.35. The van der Waals surface area contributed by atoms with Crippen LogP contribution < -0.4 is 10.6 Å². The number of carbonyl (C=O) groups is 1. The van der Waals surface area contributed by atoms with Crippen LogP contribution in [-0.2, 0) is 4.79 Å². The molecule has 220 valence electrons. The van der Waals surface area contributed by atoms with Crippen LogP contribution in [0.15, 0.2) is 149 Å². The molecule has 0 saturated heterocycles. The van der Waals surface area contributed by atoms with Gasteiger partial charge in [0.2, 0.25) is 0 Å². The second-order valence-corrected chi connectivity index (χ2v) is 11.5. The summed E-state index contributed by atoms with van der Waals surface area (Å²) in [6, 6.07) is 43.0. The lowest BCUT2D eigenvalue weighted by Crippen LogP contribution is -2.35. The Labute approximate surface area is 269 Å². The highest BCUT2D eigenvalue weighted by Crippen LogP contribution is 2.44. The first-order valence-corrected chi connectivity index (χ1v) is 15.2. The van der Waals surface area contributed by atoms with Crippen LogP contribution in [-0.4, -0.2) is 21.4 Å². The van der Waals surface area contributed by atoms with Gasteiger partial charge in [0.1, 0.15) is 0 Å². The molecule has 0 fully saturated rings. The third kappa shape index (κ3) is 5.29. The molecule has 0 unspecified atom stereocenters. The van der Waals surface area contributed by atoms with Crippen molar-refractivity contribution in [1.29, 1.82) is 0 Å². The summed E-state index contributed by atoms with van der Waals surface area (Å²) in [7, 11) is 0. The van der Waals surface area contributed by atoms with Gasteiger partial charge in [-0.3, -0.25) is 14.7 Å². The Morgan fingerprint density at radius 3 is 1.82 bits per heavy atom. The van der Waals surface area contributed by atoms with Gasteiger partial charge in [-0.2, -0.15) is 10.1 Å². The van der Waals surface area contributed by atoms with Crippen molar-refractivity contribution in [2.45, 2.75) is 5.92 Å². The zero-order valence-corrected chi connectivity index (χ0v) is 25.4. The number of rotatable bonds is 7. The van der Waals surface area contributed by atoms with Crippen molar-refractivity contribution in [2.75, 3.05) is 5.01 Å². The fourth-order valence-electron chi connectivity index (χ4n) is 5.95. The number of hydrogen-bond donors (Lipinski definition) is 1. The Bertz CT molecular complexity index is 2080. The van der Waals surface area contributed by atoms with Gasteiger partial charge >= 0.3 is 0 Å². The molecule has 0 saturated carbocycles. The van der Waals surface area contributed by atoms with Crippen molar-refractivity contribution in [2.24, 2.45) is 11.0 Å². The second kappa shape index (κ2) is 12.1. The van der Waals surface area contributed by atoms with E-state index in [0.29, 0.717) is 44.0 Å². The molecule has 1 aliphatic rings. The highest BCUT2D eigenvalue weighted by Gasteiger charge is 2.46. The zero-order chi connectivity index (χ0) is 30.9. The SMILES string of the molecule is O=C1[C@@H]([C@H](c2ccc(Cl)cc2Cl)c2c(-c3ccccc3)[nH]n(-c3ccccc3)c2=O)C(c2ccccc2)=NN1c1ccccc1. The summed E-state index contributed by atoms with van der Waals surface area (Å²) in [5, 5.41) is 10.5. The number of halogens is 2. The topological polar surface area (TPSA) is 70.5 Å². The fraction of sp³-hybridized carbons (Fsp3) is 0.0541. The Hall–Kier alpha value is -5.17. The van der Waals surface area contributed by atoms with Crippen LogP contribution in [0, 0.1) is 5.92 Å². The predicted octanol–water partition coefficient (Wildman–Crippen LogP) is 8.34. The lowest BCUT2D eigenvalue weighted by molar-refractivity contribution is -0.120. The number of para-hydroxylation sites is 2. The van der Waals surface area contributed by atoms with Gasteiger partial charge in [0, 0.05) is 16.0 Å². The predicted molar refractivity (Wildman–Crippen MR) is 181 cm³/mol. The fourth-order valence-corrected chi connectivity index (χ4v) is 6.47. The van der Waals surface area contributed by atoms with E-state index in [0.717, 1.165) is 11.1 Å². The van der Waals surface area contributed by atoms with Gasteiger partial charge in [0.05, 0.1) is 34.3 Å². The summed E-state index contributed by atoms with van der Waals surface area (Å²) in [4.78, 5) is 29.4. The normalized spacial score (nSPS) is 15.2. The summed E-state index contributed by atoms with van der Waals surface area (Å²) >= 11 is 13.3. The number of H-pyrrole nitrogens is 1. The average molecular weight is 630 g/mol. The number of nitrogens with one attached hydrogen (secondary N) is 1. The summed E-state index contributed by atoms with van der Waals surface area (Å²) in [6.45, 7) is 0. The van der Waals surface area contributed by atoms with E-state index in [1.807, 2.05) is 121 Å². The Morgan fingerprint density at radius 2 is 1.22 bits per heavy atom. The molecule has 1 aliphatic heterocycles. The number of amides is 1. The van der Waals surface area contributed by atoms with Crippen LogP contribution >= 0.6 is 23.2 Å². The first kappa shape index (κ1) is 28.6. The van der Waals surface area contributed by atoms with Crippen LogP contribution in [0.4, 0.5) is 5.69 Å². The Kier molecular flexibility index (Phi) is 7.67. The monoisotopic (exact) mass is 628 g/mol. The summed E-state index contributed by atoms with van der Waals surface area (Å²) in [5.41, 5.74) is 4.64. The highest BCUT2D eigenvalue weighted by atomic mass is 35.5. The van der Waals surface area contributed by atoms with Crippen molar-refractivity contribution in [1.82, 2.24) is 9.78 Å². The number of anilines is 1. The van der Waals surface area contributed by atoms with Gasteiger partial charge in [-0.05, 0) is 53.1 Å². The molecular weight excluding hydrogens is 603 g/mol. The third-order valence-corrected chi connectivity index (χ3v) is 8.56. The minimum absolute atomic E-state index is 0.276. The van der Waals surface area contributed by atoms with E-state index >= 15 is 0 Å². The second-order valence-electron chi connectivity index (χ2n) is 10.7. The number of hydrogen-bond acceptors (Lipinski definition) is 3. The average Bonchev–Trinajstić information content (AvgIpc) is 3.61. The quantitative estimate of drug-likeness (QED) is 0.193. The van der Waals surface area contributed by atoms with Crippen LogP contribution in [0.2, 0.25) is 10.0 Å². The van der Waals surface area contributed by atoms with Crippen molar-refractivity contribution >= 4 is 40.5 Å². The third-order valence-electron chi connectivity index (χ3n) is 7.99. The molecule has 6 aromatic rings. The van der Waals surface area contributed by atoms with E-state index in [4.69, 9.17) is 28.3 Å². The van der Waals surface area contributed by atoms with Crippen molar-refractivity contribution in [3.05, 3.63) is 177 Å². The van der Waals surface area contributed by atoms with Crippen LogP contribution in [0.3, 0.4) is 0 Å². The number of hydrazone groups is 1. The van der Waals surface area contributed by atoms with E-state index < -0.39 is 11.8 Å². The Morgan fingerprint density at radius 1 is 0.667 bits per heavy atom. The molecule has 2 atom stereocenters. The number of nitrogens with zero attached hydrogens (tertiary/aromatic N) is 3. The standard InChI is InChI=1S/C37H26Cl2N4O2/c38-26-21-22-29(30(39)23-26)31(32-34(24-13-5-1-6-14-24)40-42(36(32)44)27-17-9-3-10-18-27)33-35(25-15-7-2-8-16-25)41-43(37(33)45)28-19-11-4-12-20-28/h1-23,31-32,41H/t31-,32-/m0/s1. The van der Waals surface area contributed by atoms with Gasteiger partial charge < -0.3 is 0 Å².